The number of nitrogens with two attached hydrogens (primary N) is 1. The van der Waals surface area contributed by atoms with E-state index in [4.69, 9.17) is 5.73 Å². The van der Waals surface area contributed by atoms with Crippen LogP contribution in [0.15, 0.2) is 6.07 Å². The summed E-state index contributed by atoms with van der Waals surface area (Å²) in [4.78, 5) is 8.19. The van der Waals surface area contributed by atoms with Gasteiger partial charge in [-0.15, -0.1) is 0 Å². The van der Waals surface area contributed by atoms with Crippen molar-refractivity contribution in [3.8, 4) is 0 Å². The Morgan fingerprint density at radius 1 is 1.05 bits per heavy atom. The van der Waals surface area contributed by atoms with Crippen molar-refractivity contribution in [1.82, 2.24) is 9.88 Å². The third-order valence-electron chi connectivity index (χ3n) is 4.39. The molecule has 0 radical (unpaired) electrons. The first kappa shape index (κ1) is 13.5. The zero-order chi connectivity index (χ0) is 14.1. The highest BCUT2D eigenvalue weighted by Gasteiger charge is 2.27. The van der Waals surface area contributed by atoms with Crippen LogP contribution in [0.1, 0.15) is 25.7 Å². The van der Waals surface area contributed by atoms with Crippen LogP contribution in [-0.4, -0.2) is 42.1 Å². The maximum atomic E-state index is 13.8. The largest absolute Gasteiger partial charge is 0.381 e. The maximum Gasteiger partial charge on any atom is 0.168 e. The van der Waals surface area contributed by atoms with Gasteiger partial charge in [0, 0.05) is 38.3 Å². The Bertz CT molecular complexity index is 480. The second-order valence-electron chi connectivity index (χ2n) is 5.62. The minimum absolute atomic E-state index is 0.176. The molecule has 0 bridgehead atoms. The second-order valence-corrected chi connectivity index (χ2v) is 5.62. The van der Waals surface area contributed by atoms with E-state index in [2.05, 4.69) is 9.88 Å². The van der Waals surface area contributed by atoms with Crippen molar-refractivity contribution in [1.29, 1.82) is 0 Å². The van der Waals surface area contributed by atoms with Gasteiger partial charge in [-0.2, -0.15) is 0 Å². The topological polar surface area (TPSA) is 45.4 Å². The fourth-order valence-electron chi connectivity index (χ4n) is 3.26. The Kier molecular flexibility index (Phi) is 3.74. The number of nitrogen functional groups attached to an aromatic ring is 1. The number of rotatable bonds is 2. The average Bonchev–Trinajstić information content (AvgIpc) is 2.97. The summed E-state index contributed by atoms with van der Waals surface area (Å²) in [6.45, 7) is 3.24. The van der Waals surface area contributed by atoms with E-state index in [1.165, 1.54) is 25.7 Å². The summed E-state index contributed by atoms with van der Waals surface area (Å²) >= 11 is 0. The van der Waals surface area contributed by atoms with Crippen LogP contribution in [0.5, 0.6) is 0 Å². The van der Waals surface area contributed by atoms with Gasteiger partial charge in [0.2, 0.25) is 0 Å². The lowest BCUT2D eigenvalue weighted by molar-refractivity contribution is 0.187. The minimum atomic E-state index is -0.796. The van der Waals surface area contributed by atoms with Gasteiger partial charge >= 0.3 is 0 Å². The number of halogens is 2. The van der Waals surface area contributed by atoms with Gasteiger partial charge in [0.05, 0.1) is 0 Å². The number of nitrogens with zero attached hydrogens (tertiary/aromatic N) is 3. The number of anilines is 2. The average molecular weight is 282 g/mol. The molecule has 2 N–H and O–H groups in total. The fraction of sp³-hybridized carbons (Fsp3) is 0.643. The lowest BCUT2D eigenvalue weighted by Gasteiger charge is -2.38. The molecule has 110 valence electrons. The first-order chi connectivity index (χ1) is 9.65. The van der Waals surface area contributed by atoms with E-state index in [9.17, 15) is 8.78 Å². The number of hydrogen-bond acceptors (Lipinski definition) is 4. The molecule has 2 aliphatic rings. The van der Waals surface area contributed by atoms with Crippen molar-refractivity contribution in [3.05, 3.63) is 17.7 Å². The number of hydrogen-bond donors (Lipinski definition) is 1. The molecule has 6 heteroatoms. The van der Waals surface area contributed by atoms with E-state index < -0.39 is 11.6 Å². The normalized spacial score (nSPS) is 21.6. The molecule has 1 aliphatic heterocycles. The molecule has 20 heavy (non-hydrogen) atoms. The Hall–Kier alpha value is -1.43. The van der Waals surface area contributed by atoms with Gasteiger partial charge < -0.3 is 10.6 Å². The molecule has 0 spiro atoms. The Morgan fingerprint density at radius 2 is 1.70 bits per heavy atom. The summed E-state index contributed by atoms with van der Waals surface area (Å²) < 4.78 is 26.9. The lowest BCUT2D eigenvalue weighted by Crippen LogP contribution is -2.50. The molecule has 1 aromatic heterocycles. The van der Waals surface area contributed by atoms with Crippen LogP contribution in [0.25, 0.3) is 0 Å². The molecule has 4 nitrogen and oxygen atoms in total. The molecule has 0 unspecified atom stereocenters. The molecule has 2 heterocycles. The minimum Gasteiger partial charge on any atom is -0.381 e. The van der Waals surface area contributed by atoms with Crippen LogP contribution in [0, 0.1) is 11.6 Å². The van der Waals surface area contributed by atoms with Crippen molar-refractivity contribution in [2.24, 2.45) is 0 Å². The van der Waals surface area contributed by atoms with Gasteiger partial charge in [-0.1, -0.05) is 12.8 Å². The van der Waals surface area contributed by atoms with Crippen molar-refractivity contribution in [2.45, 2.75) is 31.7 Å². The van der Waals surface area contributed by atoms with Crippen LogP contribution in [-0.2, 0) is 0 Å². The highest BCUT2D eigenvalue weighted by Crippen LogP contribution is 2.26. The zero-order valence-corrected chi connectivity index (χ0v) is 11.5. The van der Waals surface area contributed by atoms with Gasteiger partial charge in [0.25, 0.3) is 0 Å². The highest BCUT2D eigenvalue weighted by atomic mass is 19.1. The van der Waals surface area contributed by atoms with E-state index in [0.29, 0.717) is 19.1 Å². The van der Waals surface area contributed by atoms with Gasteiger partial charge in [0.15, 0.2) is 23.3 Å². The highest BCUT2D eigenvalue weighted by molar-refractivity contribution is 5.47. The predicted octanol–water partition coefficient (Wildman–Crippen LogP) is 2.01. The SMILES string of the molecule is Nc1nc(N2CCN(C3CCCC3)CC2)c(F)cc1F. The summed E-state index contributed by atoms with van der Waals surface area (Å²) in [6.07, 6.45) is 5.18. The van der Waals surface area contributed by atoms with E-state index in [0.717, 1.165) is 19.2 Å². The summed E-state index contributed by atoms with van der Waals surface area (Å²) in [5.41, 5.74) is 5.43. The van der Waals surface area contributed by atoms with Gasteiger partial charge in [-0.25, -0.2) is 13.8 Å². The van der Waals surface area contributed by atoms with E-state index >= 15 is 0 Å². The van der Waals surface area contributed by atoms with E-state index in [1.54, 1.807) is 0 Å². The Labute approximate surface area is 117 Å². The second kappa shape index (κ2) is 5.52. The monoisotopic (exact) mass is 282 g/mol. The van der Waals surface area contributed by atoms with Crippen LogP contribution < -0.4 is 10.6 Å². The maximum absolute atomic E-state index is 13.8. The Morgan fingerprint density at radius 3 is 2.35 bits per heavy atom. The molecular weight excluding hydrogens is 262 g/mol. The smallest absolute Gasteiger partial charge is 0.168 e. The third kappa shape index (κ3) is 2.57. The molecule has 0 atom stereocenters. The van der Waals surface area contributed by atoms with Crippen LogP contribution in [0.2, 0.25) is 0 Å². The summed E-state index contributed by atoms with van der Waals surface area (Å²) in [6, 6.07) is 1.51. The molecule has 2 fully saturated rings. The lowest BCUT2D eigenvalue weighted by atomic mass is 10.2. The molecule has 1 saturated heterocycles. The molecule has 0 aromatic carbocycles. The standard InChI is InChI=1S/C14H20F2N4/c15-11-9-12(16)14(18-13(11)17)20-7-5-19(6-8-20)10-3-1-2-4-10/h9-10H,1-8H2,(H2,17,18). The molecule has 3 rings (SSSR count). The zero-order valence-electron chi connectivity index (χ0n) is 11.5. The summed E-state index contributed by atoms with van der Waals surface area (Å²) in [7, 11) is 0. The molecule has 1 aliphatic carbocycles. The quantitative estimate of drug-likeness (QED) is 0.901. The number of piperazine rings is 1. The third-order valence-corrected chi connectivity index (χ3v) is 4.39. The van der Waals surface area contributed by atoms with Crippen molar-refractivity contribution >= 4 is 11.6 Å². The number of aromatic nitrogens is 1. The van der Waals surface area contributed by atoms with Gasteiger partial charge in [-0.3, -0.25) is 4.90 Å². The molecular formula is C14H20F2N4. The van der Waals surface area contributed by atoms with Crippen molar-refractivity contribution in [2.75, 3.05) is 36.8 Å². The van der Waals surface area contributed by atoms with Crippen LogP contribution in [0.4, 0.5) is 20.4 Å². The number of pyridine rings is 1. The summed E-state index contributed by atoms with van der Waals surface area (Å²) in [5, 5.41) is 0. The van der Waals surface area contributed by atoms with Crippen LogP contribution in [0.3, 0.4) is 0 Å². The van der Waals surface area contributed by atoms with Crippen molar-refractivity contribution < 1.29 is 8.78 Å². The molecule has 1 aromatic rings. The Balaban J connectivity index is 1.67. The summed E-state index contributed by atoms with van der Waals surface area (Å²) in [5.74, 6) is -1.49. The fourth-order valence-corrected chi connectivity index (χ4v) is 3.26. The first-order valence-electron chi connectivity index (χ1n) is 7.25. The molecule has 1 saturated carbocycles. The van der Waals surface area contributed by atoms with Crippen LogP contribution >= 0.6 is 0 Å². The van der Waals surface area contributed by atoms with E-state index in [1.807, 2.05) is 4.90 Å². The van der Waals surface area contributed by atoms with Gasteiger partial charge in [-0.05, 0) is 12.8 Å². The molecule has 0 amide bonds. The van der Waals surface area contributed by atoms with Crippen molar-refractivity contribution in [3.63, 3.8) is 0 Å². The van der Waals surface area contributed by atoms with Gasteiger partial charge in [0.1, 0.15) is 0 Å². The first-order valence-corrected chi connectivity index (χ1v) is 7.25. The predicted molar refractivity (Wildman–Crippen MR) is 74.6 cm³/mol. The van der Waals surface area contributed by atoms with E-state index in [-0.39, 0.29) is 11.6 Å².